The zero-order chi connectivity index (χ0) is 14.5. The normalized spacial score (nSPS) is 19.8. The van der Waals surface area contributed by atoms with Gasteiger partial charge in [-0.1, -0.05) is 12.1 Å². The molecule has 0 atom stereocenters. The van der Waals surface area contributed by atoms with Crippen LogP contribution in [-0.2, 0) is 13.0 Å². The van der Waals surface area contributed by atoms with Crippen LogP contribution < -0.4 is 10.6 Å². The highest BCUT2D eigenvalue weighted by Gasteiger charge is 2.16. The van der Waals surface area contributed by atoms with E-state index in [-0.39, 0.29) is 0 Å². The summed E-state index contributed by atoms with van der Waals surface area (Å²) in [6, 6.07) is 6.33. The quantitative estimate of drug-likeness (QED) is 0.836. The summed E-state index contributed by atoms with van der Waals surface area (Å²) in [4.78, 5) is 12.4. The maximum atomic E-state index is 12.4. The van der Waals surface area contributed by atoms with Gasteiger partial charge in [0.05, 0.1) is 0 Å². The molecule has 3 nitrogen and oxygen atoms in total. The van der Waals surface area contributed by atoms with Gasteiger partial charge in [-0.15, -0.1) is 0 Å². The van der Waals surface area contributed by atoms with Crippen molar-refractivity contribution in [1.82, 2.24) is 10.6 Å². The molecular formula is C18H26N2O. The van der Waals surface area contributed by atoms with Gasteiger partial charge in [-0.05, 0) is 74.8 Å². The number of hydrogen-bond acceptors (Lipinski definition) is 3. The van der Waals surface area contributed by atoms with Crippen LogP contribution in [0.25, 0.3) is 0 Å². The first kappa shape index (κ1) is 14.7. The second kappa shape index (κ2) is 7.19. The van der Waals surface area contributed by atoms with Crippen molar-refractivity contribution in [2.45, 2.75) is 45.1 Å². The number of carbonyl (C=O) groups is 1. The topological polar surface area (TPSA) is 41.1 Å². The molecule has 0 radical (unpaired) electrons. The molecule has 0 amide bonds. The molecule has 0 unspecified atom stereocenters. The Bertz CT molecular complexity index is 492. The van der Waals surface area contributed by atoms with E-state index in [1.807, 2.05) is 6.07 Å². The first-order chi connectivity index (χ1) is 10.3. The molecule has 0 aromatic heterocycles. The number of nitrogens with one attached hydrogen (secondary N) is 2. The van der Waals surface area contributed by atoms with E-state index in [0.717, 1.165) is 50.5 Å². The lowest BCUT2D eigenvalue weighted by Gasteiger charge is -2.22. The first-order valence-corrected chi connectivity index (χ1v) is 8.39. The van der Waals surface area contributed by atoms with Crippen molar-refractivity contribution in [3.8, 4) is 0 Å². The molecule has 2 aliphatic heterocycles. The summed E-state index contributed by atoms with van der Waals surface area (Å²) < 4.78 is 0. The number of aryl methyl sites for hydroxylation is 1. The van der Waals surface area contributed by atoms with E-state index in [1.165, 1.54) is 30.4 Å². The van der Waals surface area contributed by atoms with Crippen LogP contribution in [0.4, 0.5) is 0 Å². The predicted octanol–water partition coefficient (Wildman–Crippen LogP) is 2.68. The van der Waals surface area contributed by atoms with Gasteiger partial charge in [0.25, 0.3) is 0 Å². The molecule has 0 aliphatic carbocycles. The zero-order valence-corrected chi connectivity index (χ0v) is 12.8. The fourth-order valence-corrected chi connectivity index (χ4v) is 3.48. The molecule has 0 bridgehead atoms. The maximum Gasteiger partial charge on any atom is 0.162 e. The molecule has 21 heavy (non-hydrogen) atoms. The van der Waals surface area contributed by atoms with E-state index in [4.69, 9.17) is 0 Å². The second-order valence-corrected chi connectivity index (χ2v) is 6.42. The van der Waals surface area contributed by atoms with Gasteiger partial charge in [-0.25, -0.2) is 0 Å². The van der Waals surface area contributed by atoms with E-state index in [1.54, 1.807) is 0 Å². The number of benzene rings is 1. The van der Waals surface area contributed by atoms with Gasteiger partial charge in [-0.3, -0.25) is 4.79 Å². The van der Waals surface area contributed by atoms with Crippen LogP contribution in [0, 0.1) is 5.92 Å². The third-order valence-corrected chi connectivity index (χ3v) is 4.88. The summed E-state index contributed by atoms with van der Waals surface area (Å²) in [6.45, 7) is 4.21. The zero-order valence-electron chi connectivity index (χ0n) is 12.8. The standard InChI is InChI=1S/C18H26N2O/c21-18(6-3-14-7-10-19-11-8-14)16-5-4-15-2-1-9-20-13-17(15)12-16/h4-5,12,14,19-20H,1-3,6-11,13H2. The predicted molar refractivity (Wildman–Crippen MR) is 85.6 cm³/mol. The minimum Gasteiger partial charge on any atom is -0.317 e. The first-order valence-electron chi connectivity index (χ1n) is 8.39. The van der Waals surface area contributed by atoms with Crippen molar-refractivity contribution in [2.24, 2.45) is 5.92 Å². The largest absolute Gasteiger partial charge is 0.317 e. The molecule has 1 aromatic rings. The number of Topliss-reactive ketones (excluding diaryl/α,β-unsaturated/α-hetero) is 1. The van der Waals surface area contributed by atoms with Crippen LogP contribution >= 0.6 is 0 Å². The number of hydrogen-bond donors (Lipinski definition) is 2. The molecule has 3 rings (SSSR count). The van der Waals surface area contributed by atoms with Crippen molar-refractivity contribution in [2.75, 3.05) is 19.6 Å². The number of piperidine rings is 1. The van der Waals surface area contributed by atoms with Crippen LogP contribution in [-0.4, -0.2) is 25.4 Å². The second-order valence-electron chi connectivity index (χ2n) is 6.42. The number of ketones is 1. The molecule has 2 aliphatic rings. The molecule has 0 spiro atoms. The molecule has 2 heterocycles. The van der Waals surface area contributed by atoms with Gasteiger partial charge in [-0.2, -0.15) is 0 Å². The van der Waals surface area contributed by atoms with Crippen LogP contribution in [0.15, 0.2) is 18.2 Å². The molecule has 1 fully saturated rings. The molecule has 1 aromatic carbocycles. The minimum atomic E-state index is 0.320. The molecule has 1 saturated heterocycles. The summed E-state index contributed by atoms with van der Waals surface area (Å²) in [6.07, 6.45) is 6.53. The van der Waals surface area contributed by atoms with E-state index in [2.05, 4.69) is 22.8 Å². The molecule has 114 valence electrons. The highest BCUT2D eigenvalue weighted by molar-refractivity contribution is 5.96. The SMILES string of the molecule is O=C(CCC1CCNCC1)c1ccc2c(c1)CNCCC2. The highest BCUT2D eigenvalue weighted by atomic mass is 16.1. The van der Waals surface area contributed by atoms with E-state index >= 15 is 0 Å². The fraction of sp³-hybridized carbons (Fsp3) is 0.611. The average Bonchev–Trinajstić information content (AvgIpc) is 2.78. The Morgan fingerprint density at radius 3 is 2.81 bits per heavy atom. The Morgan fingerprint density at radius 2 is 1.95 bits per heavy atom. The van der Waals surface area contributed by atoms with Crippen molar-refractivity contribution in [3.05, 3.63) is 34.9 Å². The van der Waals surface area contributed by atoms with Gasteiger partial charge in [0.2, 0.25) is 0 Å². The Kier molecular flexibility index (Phi) is 5.04. The van der Waals surface area contributed by atoms with Crippen molar-refractivity contribution in [3.63, 3.8) is 0 Å². The summed E-state index contributed by atoms with van der Waals surface area (Å²) in [5.74, 6) is 1.05. The van der Waals surface area contributed by atoms with Gasteiger partial charge in [0.1, 0.15) is 0 Å². The monoisotopic (exact) mass is 286 g/mol. The fourth-order valence-electron chi connectivity index (χ4n) is 3.48. The number of fused-ring (bicyclic) bond motifs is 1. The lowest BCUT2D eigenvalue weighted by Crippen LogP contribution is -2.28. The van der Waals surface area contributed by atoms with Crippen LogP contribution in [0.2, 0.25) is 0 Å². The van der Waals surface area contributed by atoms with Gasteiger partial charge >= 0.3 is 0 Å². The molecule has 0 saturated carbocycles. The Balaban J connectivity index is 1.60. The molecule has 2 N–H and O–H groups in total. The lowest BCUT2D eigenvalue weighted by molar-refractivity contribution is 0.0970. The average molecular weight is 286 g/mol. The van der Waals surface area contributed by atoms with Crippen LogP contribution in [0.1, 0.15) is 53.6 Å². The van der Waals surface area contributed by atoms with E-state index in [0.29, 0.717) is 12.2 Å². The Labute approximate surface area is 127 Å². The summed E-state index contributed by atoms with van der Waals surface area (Å²) in [5.41, 5.74) is 3.64. The third kappa shape index (κ3) is 3.92. The van der Waals surface area contributed by atoms with Crippen molar-refractivity contribution in [1.29, 1.82) is 0 Å². The van der Waals surface area contributed by atoms with Gasteiger partial charge < -0.3 is 10.6 Å². The van der Waals surface area contributed by atoms with Crippen molar-refractivity contribution < 1.29 is 4.79 Å². The van der Waals surface area contributed by atoms with Gasteiger partial charge in [0, 0.05) is 18.5 Å². The smallest absolute Gasteiger partial charge is 0.162 e. The minimum absolute atomic E-state index is 0.320. The van der Waals surface area contributed by atoms with Crippen LogP contribution in [0.5, 0.6) is 0 Å². The number of rotatable bonds is 4. The molecule has 3 heteroatoms. The van der Waals surface area contributed by atoms with E-state index in [9.17, 15) is 4.79 Å². The van der Waals surface area contributed by atoms with Gasteiger partial charge in [0.15, 0.2) is 5.78 Å². The van der Waals surface area contributed by atoms with Crippen LogP contribution in [0.3, 0.4) is 0 Å². The van der Waals surface area contributed by atoms with Crippen molar-refractivity contribution >= 4 is 5.78 Å². The number of carbonyl (C=O) groups excluding carboxylic acids is 1. The maximum absolute atomic E-state index is 12.4. The summed E-state index contributed by atoms with van der Waals surface area (Å²) in [5, 5.41) is 6.82. The van der Waals surface area contributed by atoms with E-state index < -0.39 is 0 Å². The Morgan fingerprint density at radius 1 is 1.10 bits per heavy atom. The summed E-state index contributed by atoms with van der Waals surface area (Å²) in [7, 11) is 0. The molecular weight excluding hydrogens is 260 g/mol. The lowest BCUT2D eigenvalue weighted by atomic mass is 9.90. The third-order valence-electron chi connectivity index (χ3n) is 4.88. The highest BCUT2D eigenvalue weighted by Crippen LogP contribution is 2.21. The Hall–Kier alpha value is -1.19. The summed E-state index contributed by atoms with van der Waals surface area (Å²) >= 11 is 0.